The van der Waals surface area contributed by atoms with Gasteiger partial charge in [0.1, 0.15) is 6.54 Å². The molecule has 0 bridgehead atoms. The van der Waals surface area contributed by atoms with Gasteiger partial charge in [0.15, 0.2) is 11.5 Å². The van der Waals surface area contributed by atoms with E-state index in [1.165, 1.54) is 4.80 Å². The zero-order valence-corrected chi connectivity index (χ0v) is 17.1. The summed E-state index contributed by atoms with van der Waals surface area (Å²) in [6, 6.07) is 9.37. The van der Waals surface area contributed by atoms with Gasteiger partial charge in [-0.1, -0.05) is 18.2 Å². The van der Waals surface area contributed by atoms with Crippen LogP contribution in [0.1, 0.15) is 18.5 Å². The monoisotopic (exact) mass is 426 g/mol. The molecule has 2 aliphatic heterocycles. The number of carbonyl (C=O) groups is 1. The van der Waals surface area contributed by atoms with E-state index in [1.54, 1.807) is 11.8 Å². The van der Waals surface area contributed by atoms with Crippen LogP contribution in [0.4, 0.5) is 0 Å². The Balaban J connectivity index is 1.30. The summed E-state index contributed by atoms with van der Waals surface area (Å²) in [5, 5.41) is 12.9. The molecule has 1 amide bonds. The molecule has 2 aliphatic rings. The smallest absolute Gasteiger partial charge is 0.386 e. The number of para-hydroxylation sites is 1. The Labute approximate surface area is 177 Å². The van der Waals surface area contributed by atoms with Gasteiger partial charge in [-0.2, -0.15) is 14.6 Å². The molecule has 0 radical (unpaired) electrons. The van der Waals surface area contributed by atoms with Crippen LogP contribution in [0.3, 0.4) is 0 Å². The minimum Gasteiger partial charge on any atom is -0.386 e. The second-order valence-corrected chi connectivity index (χ2v) is 7.58. The minimum atomic E-state index is -0.715. The molecular weight excluding hydrogens is 404 g/mol. The number of hydrogen-bond donors (Lipinski definition) is 0. The molecule has 3 aromatic rings. The maximum atomic E-state index is 12.7. The van der Waals surface area contributed by atoms with Crippen LogP contribution in [-0.4, -0.2) is 67.7 Å². The number of aromatic nitrogens is 5. The summed E-state index contributed by atoms with van der Waals surface area (Å²) in [6.07, 6.45) is 1.22. The first-order valence-electron chi connectivity index (χ1n) is 10.2. The van der Waals surface area contributed by atoms with Gasteiger partial charge in [-0.3, -0.25) is 4.79 Å². The topological polar surface area (TPSA) is 118 Å². The van der Waals surface area contributed by atoms with E-state index in [0.29, 0.717) is 50.5 Å². The van der Waals surface area contributed by atoms with Crippen molar-refractivity contribution in [3.63, 3.8) is 0 Å². The molecule has 0 aliphatic carbocycles. The van der Waals surface area contributed by atoms with Gasteiger partial charge in [0.05, 0.1) is 24.6 Å². The normalized spacial score (nSPS) is 18.0. The van der Waals surface area contributed by atoms with Crippen molar-refractivity contribution in [2.75, 3.05) is 26.3 Å². The summed E-state index contributed by atoms with van der Waals surface area (Å²) in [6.45, 7) is 3.72. The van der Waals surface area contributed by atoms with E-state index >= 15 is 0 Å². The van der Waals surface area contributed by atoms with E-state index < -0.39 is 11.5 Å². The fourth-order valence-corrected chi connectivity index (χ4v) is 3.87. The molecule has 31 heavy (non-hydrogen) atoms. The van der Waals surface area contributed by atoms with E-state index in [4.69, 9.17) is 13.9 Å². The molecule has 2 fully saturated rings. The maximum Gasteiger partial charge on any atom is 0.437 e. The molecule has 1 spiro atoms. The lowest BCUT2D eigenvalue weighted by Gasteiger charge is -2.37. The number of nitrogens with zero attached hydrogens (tertiary/aromatic N) is 6. The van der Waals surface area contributed by atoms with E-state index in [-0.39, 0.29) is 18.3 Å². The van der Waals surface area contributed by atoms with Gasteiger partial charge in [0.25, 0.3) is 5.89 Å². The minimum absolute atomic E-state index is 0.0304. The van der Waals surface area contributed by atoms with Gasteiger partial charge in [0, 0.05) is 25.9 Å². The molecule has 0 N–H and O–H groups in total. The van der Waals surface area contributed by atoms with E-state index in [2.05, 4.69) is 15.3 Å². The van der Waals surface area contributed by atoms with Crippen LogP contribution < -0.4 is 5.76 Å². The first kappa shape index (κ1) is 19.6. The van der Waals surface area contributed by atoms with Crippen LogP contribution in [0.5, 0.6) is 0 Å². The summed E-state index contributed by atoms with van der Waals surface area (Å²) in [4.78, 5) is 28.1. The Morgan fingerprint density at radius 2 is 1.77 bits per heavy atom. The number of hydrogen-bond acceptors (Lipinski definition) is 8. The second-order valence-electron chi connectivity index (χ2n) is 7.58. The lowest BCUT2D eigenvalue weighted by molar-refractivity contribution is -0.187. The summed E-state index contributed by atoms with van der Waals surface area (Å²) in [5.74, 6) is -1.45. The van der Waals surface area contributed by atoms with Crippen LogP contribution in [0.15, 0.2) is 39.5 Å². The van der Waals surface area contributed by atoms with Gasteiger partial charge in [0.2, 0.25) is 5.91 Å². The average molecular weight is 426 g/mol. The molecule has 5 rings (SSSR count). The van der Waals surface area contributed by atoms with Gasteiger partial charge in [-0.15, -0.1) is 10.2 Å². The van der Waals surface area contributed by atoms with Gasteiger partial charge in [-0.05, 0) is 19.1 Å². The third-order valence-electron chi connectivity index (χ3n) is 5.55. The number of piperidine rings is 1. The first-order chi connectivity index (χ1) is 15.0. The summed E-state index contributed by atoms with van der Waals surface area (Å²) in [7, 11) is 0. The Bertz CT molecular complexity index is 1130. The lowest BCUT2D eigenvalue weighted by atomic mass is 10.0. The van der Waals surface area contributed by atoms with Crippen LogP contribution in [0.25, 0.3) is 17.3 Å². The molecule has 162 valence electrons. The molecule has 4 heterocycles. The van der Waals surface area contributed by atoms with E-state index in [1.807, 2.05) is 30.3 Å². The average Bonchev–Trinajstić information content (AvgIpc) is 3.49. The summed E-state index contributed by atoms with van der Waals surface area (Å²) in [5.41, 5.74) is 1.68. The number of amides is 1. The SMILES string of the molecule is Cc1nn(-c2ccccc2)nc1-c1nn(CC(=O)N2CCC3(CC2)OCCO3)c(=O)o1. The van der Waals surface area contributed by atoms with Crippen LogP contribution >= 0.6 is 0 Å². The van der Waals surface area contributed by atoms with Crippen molar-refractivity contribution in [2.45, 2.75) is 32.1 Å². The van der Waals surface area contributed by atoms with E-state index in [0.717, 1.165) is 10.4 Å². The largest absolute Gasteiger partial charge is 0.437 e. The summed E-state index contributed by atoms with van der Waals surface area (Å²) >= 11 is 0. The molecule has 0 saturated carbocycles. The molecule has 11 nitrogen and oxygen atoms in total. The van der Waals surface area contributed by atoms with Crippen LogP contribution in [0, 0.1) is 6.92 Å². The highest BCUT2D eigenvalue weighted by atomic mass is 16.7. The highest BCUT2D eigenvalue weighted by Gasteiger charge is 2.40. The summed E-state index contributed by atoms with van der Waals surface area (Å²) < 4.78 is 17.7. The van der Waals surface area contributed by atoms with E-state index in [9.17, 15) is 9.59 Å². The molecule has 0 unspecified atom stereocenters. The van der Waals surface area contributed by atoms with Crippen molar-refractivity contribution in [1.29, 1.82) is 0 Å². The third kappa shape index (κ3) is 3.77. The highest BCUT2D eigenvalue weighted by molar-refractivity contribution is 5.76. The fourth-order valence-electron chi connectivity index (χ4n) is 3.87. The van der Waals surface area contributed by atoms with Gasteiger partial charge >= 0.3 is 5.76 Å². The maximum absolute atomic E-state index is 12.7. The van der Waals surface area contributed by atoms with Crippen molar-refractivity contribution in [1.82, 2.24) is 29.7 Å². The molecule has 2 aromatic heterocycles. The zero-order valence-electron chi connectivity index (χ0n) is 17.1. The Morgan fingerprint density at radius 1 is 1.06 bits per heavy atom. The molecular formula is C20H22N6O5. The van der Waals surface area contributed by atoms with Crippen molar-refractivity contribution in [2.24, 2.45) is 0 Å². The predicted octanol–water partition coefficient (Wildman–Crippen LogP) is 0.758. The number of carbonyl (C=O) groups excluding carboxylic acids is 1. The molecule has 2 saturated heterocycles. The molecule has 0 atom stereocenters. The van der Waals surface area contributed by atoms with Gasteiger partial charge < -0.3 is 18.8 Å². The van der Waals surface area contributed by atoms with Crippen molar-refractivity contribution < 1.29 is 18.7 Å². The molecule has 11 heteroatoms. The number of benzene rings is 1. The second kappa shape index (κ2) is 7.75. The standard InChI is InChI=1S/C20H22N6O5/c1-14-17(22-26(21-14)15-5-3-2-4-6-15)18-23-25(19(28)31-18)13-16(27)24-9-7-20(8-10-24)29-11-12-30-20/h2-6H,7-13H2,1H3. The van der Waals surface area contributed by atoms with Crippen LogP contribution in [0.2, 0.25) is 0 Å². The molecule has 1 aromatic carbocycles. The lowest BCUT2D eigenvalue weighted by Crippen LogP contribution is -2.48. The number of ether oxygens (including phenoxy) is 2. The Hall–Kier alpha value is -3.31. The van der Waals surface area contributed by atoms with Crippen molar-refractivity contribution >= 4 is 5.91 Å². The van der Waals surface area contributed by atoms with Gasteiger partial charge in [-0.25, -0.2) is 4.79 Å². The first-order valence-corrected chi connectivity index (χ1v) is 10.2. The Kier molecular flexibility index (Phi) is 4.91. The number of rotatable bonds is 4. The highest BCUT2D eigenvalue weighted by Crippen LogP contribution is 2.31. The fraction of sp³-hybridized carbons (Fsp3) is 0.450. The van der Waals surface area contributed by atoms with Crippen LogP contribution in [-0.2, 0) is 20.8 Å². The number of aryl methyl sites for hydroxylation is 1. The Morgan fingerprint density at radius 3 is 2.48 bits per heavy atom. The van der Waals surface area contributed by atoms with Crippen molar-refractivity contribution in [3.05, 3.63) is 46.6 Å². The van der Waals surface area contributed by atoms with Crippen molar-refractivity contribution in [3.8, 4) is 17.3 Å². The number of likely N-dealkylation sites (tertiary alicyclic amines) is 1. The third-order valence-corrected chi connectivity index (χ3v) is 5.55. The predicted molar refractivity (Wildman–Crippen MR) is 106 cm³/mol. The quantitative estimate of drug-likeness (QED) is 0.600. The zero-order chi connectivity index (χ0) is 21.4.